The molecule has 4 rings (SSSR count). The number of aliphatic hydroxyl groups is 1. The number of hydrogen-bond acceptors (Lipinski definition) is 5. The summed E-state index contributed by atoms with van der Waals surface area (Å²) in [4.78, 5) is 2.33. The molecule has 7 heteroatoms. The molecular formula is C17H20N6O. The third-order valence-electron chi connectivity index (χ3n) is 4.32. The summed E-state index contributed by atoms with van der Waals surface area (Å²) < 4.78 is 3.75. The third kappa shape index (κ3) is 2.95. The molecule has 1 aliphatic rings. The molecule has 0 aliphatic carbocycles. The van der Waals surface area contributed by atoms with Gasteiger partial charge in [-0.15, -0.1) is 5.10 Å². The highest BCUT2D eigenvalue weighted by atomic mass is 16.3. The third-order valence-corrected chi connectivity index (χ3v) is 4.32. The Hall–Kier alpha value is -2.51. The lowest BCUT2D eigenvalue weighted by Gasteiger charge is -2.38. The second-order valence-electron chi connectivity index (χ2n) is 6.23. The SMILES string of the molecule is CC(O)c1cn(C2CN(Cc3ccn(-c4ccccc4)n3)C2)nn1. The molecular weight excluding hydrogens is 304 g/mol. The first-order valence-corrected chi connectivity index (χ1v) is 8.11. The van der Waals surface area contributed by atoms with Crippen molar-refractivity contribution in [2.45, 2.75) is 25.6 Å². The summed E-state index contributed by atoms with van der Waals surface area (Å²) in [5.41, 5.74) is 2.74. The molecule has 1 fully saturated rings. The molecule has 1 aromatic carbocycles. The van der Waals surface area contributed by atoms with Crippen molar-refractivity contribution in [3.05, 3.63) is 60.2 Å². The van der Waals surface area contributed by atoms with Gasteiger partial charge in [-0.2, -0.15) is 5.10 Å². The second-order valence-corrected chi connectivity index (χ2v) is 6.23. The average molecular weight is 324 g/mol. The van der Waals surface area contributed by atoms with Crippen LogP contribution in [0.5, 0.6) is 0 Å². The first-order chi connectivity index (χ1) is 11.7. The molecule has 0 radical (unpaired) electrons. The molecule has 7 nitrogen and oxygen atoms in total. The molecule has 1 aliphatic heterocycles. The van der Waals surface area contributed by atoms with Crippen LogP contribution in [-0.2, 0) is 6.54 Å². The Morgan fingerprint density at radius 3 is 2.71 bits per heavy atom. The van der Waals surface area contributed by atoms with Crippen LogP contribution in [0.15, 0.2) is 48.8 Å². The van der Waals surface area contributed by atoms with E-state index in [1.807, 2.05) is 52.1 Å². The number of nitrogens with zero attached hydrogens (tertiary/aromatic N) is 6. The average Bonchev–Trinajstić information content (AvgIpc) is 3.21. The molecule has 124 valence electrons. The number of likely N-dealkylation sites (tertiary alicyclic amines) is 1. The van der Waals surface area contributed by atoms with E-state index in [9.17, 15) is 5.11 Å². The fourth-order valence-electron chi connectivity index (χ4n) is 2.90. The Morgan fingerprint density at radius 1 is 1.21 bits per heavy atom. The zero-order valence-corrected chi connectivity index (χ0v) is 13.5. The lowest BCUT2D eigenvalue weighted by Crippen LogP contribution is -2.47. The lowest BCUT2D eigenvalue weighted by molar-refractivity contribution is 0.0881. The number of aliphatic hydroxyl groups excluding tert-OH is 1. The summed E-state index contributed by atoms with van der Waals surface area (Å²) in [5, 5.41) is 22.2. The van der Waals surface area contributed by atoms with E-state index < -0.39 is 6.10 Å². The highest BCUT2D eigenvalue weighted by molar-refractivity contribution is 5.30. The van der Waals surface area contributed by atoms with E-state index in [1.165, 1.54) is 0 Å². The van der Waals surface area contributed by atoms with E-state index in [1.54, 1.807) is 6.92 Å². The van der Waals surface area contributed by atoms with Crippen LogP contribution < -0.4 is 0 Å². The summed E-state index contributed by atoms with van der Waals surface area (Å²) >= 11 is 0. The smallest absolute Gasteiger partial charge is 0.111 e. The van der Waals surface area contributed by atoms with Crippen molar-refractivity contribution >= 4 is 0 Å². The molecule has 1 saturated heterocycles. The quantitative estimate of drug-likeness (QED) is 0.771. The predicted octanol–water partition coefficient (Wildman–Crippen LogP) is 1.57. The summed E-state index contributed by atoms with van der Waals surface area (Å²) in [6, 6.07) is 12.5. The predicted molar refractivity (Wildman–Crippen MR) is 88.5 cm³/mol. The standard InChI is InChI=1S/C17H20N6O/c1-13(24)17-12-23(20-18-17)16-10-21(11-16)9-14-7-8-22(19-14)15-5-3-2-4-6-15/h2-8,12-13,16,24H,9-11H2,1H3. The van der Waals surface area contributed by atoms with Crippen molar-refractivity contribution in [3.63, 3.8) is 0 Å². The Balaban J connectivity index is 1.34. The zero-order chi connectivity index (χ0) is 16.5. The van der Waals surface area contributed by atoms with Gasteiger partial charge in [0.25, 0.3) is 0 Å². The molecule has 0 spiro atoms. The molecule has 3 aromatic rings. The minimum Gasteiger partial charge on any atom is -0.387 e. The molecule has 1 atom stereocenters. The van der Waals surface area contributed by atoms with Gasteiger partial charge in [-0.25, -0.2) is 9.36 Å². The van der Waals surface area contributed by atoms with Gasteiger partial charge in [0.2, 0.25) is 0 Å². The van der Waals surface area contributed by atoms with Gasteiger partial charge in [-0.3, -0.25) is 4.90 Å². The molecule has 24 heavy (non-hydrogen) atoms. The fourth-order valence-corrected chi connectivity index (χ4v) is 2.90. The minimum absolute atomic E-state index is 0.321. The Labute approximate surface area is 140 Å². The van der Waals surface area contributed by atoms with E-state index in [0.717, 1.165) is 31.0 Å². The Morgan fingerprint density at radius 2 is 2.00 bits per heavy atom. The largest absolute Gasteiger partial charge is 0.387 e. The number of hydrogen-bond donors (Lipinski definition) is 1. The molecule has 1 N–H and O–H groups in total. The maximum atomic E-state index is 9.52. The normalized spacial score (nSPS) is 16.9. The van der Waals surface area contributed by atoms with Crippen molar-refractivity contribution in [1.29, 1.82) is 0 Å². The number of para-hydroxylation sites is 1. The number of rotatable bonds is 5. The Kier molecular flexibility index (Phi) is 3.87. The summed E-state index contributed by atoms with van der Waals surface area (Å²) in [7, 11) is 0. The van der Waals surface area contributed by atoms with E-state index in [4.69, 9.17) is 0 Å². The van der Waals surface area contributed by atoms with Crippen molar-refractivity contribution in [2.24, 2.45) is 0 Å². The molecule has 0 amide bonds. The van der Waals surface area contributed by atoms with Crippen molar-refractivity contribution in [3.8, 4) is 5.69 Å². The maximum Gasteiger partial charge on any atom is 0.111 e. The van der Waals surface area contributed by atoms with Gasteiger partial charge in [0.05, 0.1) is 29.7 Å². The molecule has 2 aromatic heterocycles. The highest BCUT2D eigenvalue weighted by Gasteiger charge is 2.29. The van der Waals surface area contributed by atoms with Gasteiger partial charge in [-0.05, 0) is 25.1 Å². The molecule has 3 heterocycles. The van der Waals surface area contributed by atoms with Crippen LogP contribution in [0.4, 0.5) is 0 Å². The second kappa shape index (κ2) is 6.18. The first kappa shape index (κ1) is 15.0. The van der Waals surface area contributed by atoms with E-state index in [-0.39, 0.29) is 0 Å². The van der Waals surface area contributed by atoms with Gasteiger partial charge >= 0.3 is 0 Å². The maximum absolute atomic E-state index is 9.52. The minimum atomic E-state index is -0.572. The van der Waals surface area contributed by atoms with Crippen molar-refractivity contribution in [1.82, 2.24) is 29.7 Å². The van der Waals surface area contributed by atoms with Crippen molar-refractivity contribution in [2.75, 3.05) is 13.1 Å². The summed E-state index contributed by atoms with van der Waals surface area (Å²) in [6.45, 7) is 4.36. The topological polar surface area (TPSA) is 72.0 Å². The van der Waals surface area contributed by atoms with E-state index in [0.29, 0.717) is 11.7 Å². The fraction of sp³-hybridized carbons (Fsp3) is 0.353. The van der Waals surface area contributed by atoms with E-state index in [2.05, 4.69) is 26.4 Å². The van der Waals surface area contributed by atoms with E-state index >= 15 is 0 Å². The van der Waals surface area contributed by atoms with Crippen molar-refractivity contribution < 1.29 is 5.11 Å². The van der Waals surface area contributed by atoms with Crippen LogP contribution in [0.1, 0.15) is 30.5 Å². The van der Waals surface area contributed by atoms with Gasteiger partial charge in [-0.1, -0.05) is 23.4 Å². The van der Waals surface area contributed by atoms with Crippen LogP contribution >= 0.6 is 0 Å². The molecule has 0 saturated carbocycles. The molecule has 0 bridgehead atoms. The summed E-state index contributed by atoms with van der Waals surface area (Å²) in [6.07, 6.45) is 3.25. The van der Waals surface area contributed by atoms with Crippen LogP contribution in [0.3, 0.4) is 0 Å². The van der Waals surface area contributed by atoms with Gasteiger partial charge in [0.1, 0.15) is 5.69 Å². The Bertz CT molecular complexity index is 803. The van der Waals surface area contributed by atoms with Crippen LogP contribution in [-0.4, -0.2) is 47.9 Å². The van der Waals surface area contributed by atoms with Crippen LogP contribution in [0, 0.1) is 0 Å². The number of benzene rings is 1. The lowest BCUT2D eigenvalue weighted by atomic mass is 10.1. The van der Waals surface area contributed by atoms with Gasteiger partial charge in [0, 0.05) is 25.8 Å². The monoisotopic (exact) mass is 324 g/mol. The molecule has 1 unspecified atom stereocenters. The zero-order valence-electron chi connectivity index (χ0n) is 13.5. The summed E-state index contributed by atoms with van der Waals surface area (Å²) in [5.74, 6) is 0. The van der Waals surface area contributed by atoms with Gasteiger partial charge < -0.3 is 5.11 Å². The van der Waals surface area contributed by atoms with Crippen LogP contribution in [0.2, 0.25) is 0 Å². The first-order valence-electron chi connectivity index (χ1n) is 8.11. The highest BCUT2D eigenvalue weighted by Crippen LogP contribution is 2.23. The van der Waals surface area contributed by atoms with Crippen LogP contribution in [0.25, 0.3) is 5.69 Å². The van der Waals surface area contributed by atoms with Gasteiger partial charge in [0.15, 0.2) is 0 Å². The number of aromatic nitrogens is 5.